The van der Waals surface area contributed by atoms with E-state index < -0.39 is 15.6 Å². The van der Waals surface area contributed by atoms with Crippen LogP contribution in [0.15, 0.2) is 5.03 Å². The molecular formula is C11H21N3O3S. The van der Waals surface area contributed by atoms with Gasteiger partial charge >= 0.3 is 0 Å². The second-order valence-electron chi connectivity index (χ2n) is 5.03. The van der Waals surface area contributed by atoms with Crippen LogP contribution in [0.5, 0.6) is 0 Å². The van der Waals surface area contributed by atoms with Gasteiger partial charge in [-0.3, -0.25) is 5.10 Å². The van der Waals surface area contributed by atoms with Crippen molar-refractivity contribution >= 4 is 10.0 Å². The molecule has 1 heterocycles. The summed E-state index contributed by atoms with van der Waals surface area (Å²) in [4.78, 5) is 0. The summed E-state index contributed by atoms with van der Waals surface area (Å²) < 4.78 is 27.0. The van der Waals surface area contributed by atoms with Crippen molar-refractivity contribution in [3.63, 3.8) is 0 Å². The first-order valence-corrected chi connectivity index (χ1v) is 7.40. The summed E-state index contributed by atoms with van der Waals surface area (Å²) >= 11 is 0. The van der Waals surface area contributed by atoms with E-state index in [0.29, 0.717) is 11.3 Å². The van der Waals surface area contributed by atoms with Crippen LogP contribution in [0.2, 0.25) is 0 Å². The van der Waals surface area contributed by atoms with Crippen molar-refractivity contribution in [2.75, 3.05) is 0 Å². The van der Waals surface area contributed by atoms with Crippen molar-refractivity contribution in [1.82, 2.24) is 14.9 Å². The molecular weight excluding hydrogens is 254 g/mol. The van der Waals surface area contributed by atoms with Gasteiger partial charge in [-0.1, -0.05) is 13.3 Å². The maximum absolute atomic E-state index is 12.2. The van der Waals surface area contributed by atoms with Crippen LogP contribution < -0.4 is 4.72 Å². The second kappa shape index (κ2) is 5.38. The van der Waals surface area contributed by atoms with E-state index in [1.807, 2.05) is 20.8 Å². The Balaban J connectivity index is 3.07. The lowest BCUT2D eigenvalue weighted by Crippen LogP contribution is -2.43. The highest BCUT2D eigenvalue weighted by Crippen LogP contribution is 2.20. The number of aromatic nitrogens is 2. The zero-order valence-corrected chi connectivity index (χ0v) is 12.1. The Morgan fingerprint density at radius 2 is 2.06 bits per heavy atom. The molecule has 0 saturated heterocycles. The molecule has 0 spiro atoms. The van der Waals surface area contributed by atoms with Crippen molar-refractivity contribution in [1.29, 1.82) is 0 Å². The minimum Gasteiger partial charge on any atom is -0.392 e. The Morgan fingerprint density at radius 1 is 1.44 bits per heavy atom. The summed E-state index contributed by atoms with van der Waals surface area (Å²) in [6, 6.07) is 0. The lowest BCUT2D eigenvalue weighted by Gasteiger charge is -2.24. The molecule has 0 saturated carbocycles. The van der Waals surface area contributed by atoms with E-state index in [1.54, 1.807) is 6.92 Å². The molecule has 0 unspecified atom stereocenters. The molecule has 1 aromatic heterocycles. The number of hydrogen-bond donors (Lipinski definition) is 3. The fraction of sp³-hybridized carbons (Fsp3) is 0.727. The number of aromatic amines is 1. The highest BCUT2D eigenvalue weighted by molar-refractivity contribution is 7.89. The van der Waals surface area contributed by atoms with Crippen molar-refractivity contribution in [3.8, 4) is 0 Å². The van der Waals surface area contributed by atoms with Gasteiger partial charge in [0, 0.05) is 16.8 Å². The molecule has 0 fully saturated rings. The maximum atomic E-state index is 12.2. The monoisotopic (exact) mass is 275 g/mol. The SMILES string of the molecule is CCCC(C)(C)NS(=O)(=O)c1n[nH]c(C)c1CO. The van der Waals surface area contributed by atoms with E-state index in [-0.39, 0.29) is 11.6 Å². The second-order valence-corrected chi connectivity index (χ2v) is 6.63. The van der Waals surface area contributed by atoms with Crippen LogP contribution in [0.3, 0.4) is 0 Å². The fourth-order valence-electron chi connectivity index (χ4n) is 1.93. The normalized spacial score (nSPS) is 12.9. The summed E-state index contributed by atoms with van der Waals surface area (Å²) in [6.07, 6.45) is 1.60. The van der Waals surface area contributed by atoms with E-state index >= 15 is 0 Å². The topological polar surface area (TPSA) is 95.1 Å². The zero-order valence-electron chi connectivity index (χ0n) is 11.2. The summed E-state index contributed by atoms with van der Waals surface area (Å²) in [5.41, 5.74) is 0.341. The van der Waals surface area contributed by atoms with Crippen LogP contribution in [0.25, 0.3) is 0 Å². The molecule has 0 atom stereocenters. The average Bonchev–Trinajstić information content (AvgIpc) is 2.58. The van der Waals surface area contributed by atoms with Gasteiger partial charge in [-0.2, -0.15) is 5.10 Å². The number of aryl methyl sites for hydroxylation is 1. The third-order valence-electron chi connectivity index (χ3n) is 2.73. The number of sulfonamides is 1. The first-order chi connectivity index (χ1) is 8.23. The first kappa shape index (κ1) is 15.1. The molecule has 0 aliphatic heterocycles. The van der Waals surface area contributed by atoms with Crippen molar-refractivity contribution in [3.05, 3.63) is 11.3 Å². The van der Waals surface area contributed by atoms with Gasteiger partial charge in [-0.15, -0.1) is 0 Å². The van der Waals surface area contributed by atoms with E-state index in [9.17, 15) is 13.5 Å². The molecule has 0 aliphatic rings. The molecule has 0 amide bonds. The largest absolute Gasteiger partial charge is 0.392 e. The highest BCUT2D eigenvalue weighted by Gasteiger charge is 2.29. The number of rotatable bonds is 6. The standard InChI is InChI=1S/C11H21N3O3S/c1-5-6-11(3,4)14-18(16,17)10-9(7-15)8(2)12-13-10/h14-15H,5-7H2,1-4H3,(H,12,13). The smallest absolute Gasteiger partial charge is 0.260 e. The van der Waals surface area contributed by atoms with Crippen LogP contribution in [-0.2, 0) is 16.6 Å². The van der Waals surface area contributed by atoms with Crippen LogP contribution in [0.1, 0.15) is 44.9 Å². The van der Waals surface area contributed by atoms with Gasteiger partial charge in [0.1, 0.15) is 0 Å². The van der Waals surface area contributed by atoms with Gasteiger partial charge in [0.05, 0.1) is 6.61 Å². The van der Waals surface area contributed by atoms with Crippen LogP contribution >= 0.6 is 0 Å². The van der Waals surface area contributed by atoms with Gasteiger partial charge in [0.25, 0.3) is 10.0 Å². The third-order valence-corrected chi connectivity index (χ3v) is 4.40. The molecule has 6 nitrogen and oxygen atoms in total. The van der Waals surface area contributed by atoms with Crippen molar-refractivity contribution < 1.29 is 13.5 Å². The van der Waals surface area contributed by atoms with E-state index in [0.717, 1.165) is 12.8 Å². The number of aliphatic hydroxyl groups excluding tert-OH is 1. The molecule has 104 valence electrons. The van der Waals surface area contributed by atoms with Crippen molar-refractivity contribution in [2.24, 2.45) is 0 Å². The van der Waals surface area contributed by atoms with Crippen LogP contribution in [0, 0.1) is 6.92 Å². The van der Waals surface area contributed by atoms with Crippen LogP contribution in [0.4, 0.5) is 0 Å². The minimum absolute atomic E-state index is 0.119. The lowest BCUT2D eigenvalue weighted by atomic mass is 10.0. The first-order valence-electron chi connectivity index (χ1n) is 5.92. The molecule has 1 aromatic rings. The Kier molecular flexibility index (Phi) is 4.52. The molecule has 0 aliphatic carbocycles. The average molecular weight is 275 g/mol. The van der Waals surface area contributed by atoms with Crippen LogP contribution in [-0.4, -0.2) is 29.3 Å². The zero-order chi connectivity index (χ0) is 14.0. The predicted octanol–water partition coefficient (Wildman–Crippen LogP) is 1.07. The van der Waals surface area contributed by atoms with Gasteiger partial charge < -0.3 is 5.11 Å². The molecule has 1 rings (SSSR count). The molecule has 18 heavy (non-hydrogen) atoms. The number of aliphatic hydroxyl groups is 1. The Morgan fingerprint density at radius 3 is 2.56 bits per heavy atom. The summed E-state index contributed by atoms with van der Waals surface area (Å²) in [5, 5.41) is 15.4. The predicted molar refractivity (Wildman–Crippen MR) is 68.6 cm³/mol. The quantitative estimate of drug-likeness (QED) is 0.723. The Labute approximate surface area is 108 Å². The van der Waals surface area contributed by atoms with Gasteiger partial charge in [-0.05, 0) is 27.2 Å². The lowest BCUT2D eigenvalue weighted by molar-refractivity contribution is 0.277. The van der Waals surface area contributed by atoms with E-state index in [2.05, 4.69) is 14.9 Å². The summed E-state index contributed by atoms with van der Waals surface area (Å²) in [7, 11) is -3.71. The molecule has 0 radical (unpaired) electrons. The van der Waals surface area contributed by atoms with Crippen molar-refractivity contribution in [2.45, 2.75) is 57.7 Å². The number of nitrogens with one attached hydrogen (secondary N) is 2. The number of H-pyrrole nitrogens is 1. The third kappa shape index (κ3) is 3.30. The number of hydrogen-bond acceptors (Lipinski definition) is 4. The highest BCUT2D eigenvalue weighted by atomic mass is 32.2. The summed E-state index contributed by atoms with van der Waals surface area (Å²) in [6.45, 7) is 6.97. The van der Waals surface area contributed by atoms with Gasteiger partial charge in [0.2, 0.25) is 0 Å². The number of nitrogens with zero attached hydrogens (tertiary/aromatic N) is 1. The fourth-order valence-corrected chi connectivity index (χ4v) is 3.56. The van der Waals surface area contributed by atoms with Gasteiger partial charge in [-0.25, -0.2) is 13.1 Å². The summed E-state index contributed by atoms with van der Waals surface area (Å²) in [5.74, 6) is 0. The molecule has 0 aromatic carbocycles. The van der Waals surface area contributed by atoms with E-state index in [4.69, 9.17) is 0 Å². The van der Waals surface area contributed by atoms with Gasteiger partial charge in [0.15, 0.2) is 5.03 Å². The Bertz CT molecular complexity index is 506. The van der Waals surface area contributed by atoms with E-state index in [1.165, 1.54) is 0 Å². The molecule has 3 N–H and O–H groups in total. The minimum atomic E-state index is -3.71. The molecule has 7 heteroatoms. The molecule has 0 bridgehead atoms. The maximum Gasteiger partial charge on any atom is 0.260 e. The Hall–Kier alpha value is -0.920.